The lowest BCUT2D eigenvalue weighted by atomic mass is 10.3. The molecular weight excluding hydrogens is 204 g/mol. The van der Waals surface area contributed by atoms with Gasteiger partial charge in [0.1, 0.15) is 12.4 Å². The highest BCUT2D eigenvalue weighted by atomic mass is 16.5. The van der Waals surface area contributed by atoms with Crippen LogP contribution in [-0.4, -0.2) is 23.7 Å². The number of aromatic nitrogens is 2. The van der Waals surface area contributed by atoms with E-state index in [2.05, 4.69) is 16.5 Å². The highest BCUT2D eigenvalue weighted by Crippen LogP contribution is 2.19. The van der Waals surface area contributed by atoms with E-state index in [0.717, 1.165) is 16.8 Å². The molecule has 0 saturated carbocycles. The van der Waals surface area contributed by atoms with Gasteiger partial charge in [-0.2, -0.15) is 0 Å². The van der Waals surface area contributed by atoms with Gasteiger partial charge in [-0.1, -0.05) is 12.7 Å². The maximum atomic E-state index is 5.30. The number of fused-ring (bicyclic) bond motifs is 1. The summed E-state index contributed by atoms with van der Waals surface area (Å²) in [5.74, 6) is 1.26. The molecule has 0 aliphatic heterocycles. The summed E-state index contributed by atoms with van der Waals surface area (Å²) in [6.07, 6.45) is 3.26. The molecule has 82 valence electrons. The second-order valence-corrected chi connectivity index (χ2v) is 3.16. The van der Waals surface area contributed by atoms with E-state index in [1.54, 1.807) is 19.4 Å². The molecule has 0 unspecified atom stereocenters. The number of benzene rings is 1. The van der Waals surface area contributed by atoms with Crippen molar-refractivity contribution in [1.29, 1.82) is 0 Å². The van der Waals surface area contributed by atoms with Gasteiger partial charge in [0.15, 0.2) is 0 Å². The van der Waals surface area contributed by atoms with Gasteiger partial charge in [-0.25, -0.2) is 9.97 Å². The van der Waals surface area contributed by atoms with Crippen molar-refractivity contribution >= 4 is 11.0 Å². The van der Waals surface area contributed by atoms with E-state index >= 15 is 0 Å². The number of nitrogens with zero attached hydrogens (tertiary/aromatic N) is 2. The normalized spacial score (nSPS) is 10.1. The Morgan fingerprint density at radius 3 is 3.00 bits per heavy atom. The first-order valence-electron chi connectivity index (χ1n) is 4.88. The van der Waals surface area contributed by atoms with Crippen molar-refractivity contribution < 1.29 is 9.47 Å². The SMILES string of the molecule is C=CCOc1cnc2cc(OC)ccc2n1. The Kier molecular flexibility index (Phi) is 3.00. The lowest BCUT2D eigenvalue weighted by Crippen LogP contribution is -1.96. The zero-order chi connectivity index (χ0) is 11.4. The van der Waals surface area contributed by atoms with Crippen molar-refractivity contribution in [3.05, 3.63) is 37.1 Å². The summed E-state index contributed by atoms with van der Waals surface area (Å²) >= 11 is 0. The third kappa shape index (κ3) is 2.11. The highest BCUT2D eigenvalue weighted by Gasteiger charge is 2.01. The zero-order valence-electron chi connectivity index (χ0n) is 9.01. The van der Waals surface area contributed by atoms with Gasteiger partial charge in [0.05, 0.1) is 24.3 Å². The Balaban J connectivity index is 2.35. The molecule has 4 heteroatoms. The van der Waals surface area contributed by atoms with Gasteiger partial charge in [-0.05, 0) is 12.1 Å². The molecule has 0 aliphatic carbocycles. The minimum atomic E-state index is 0.427. The maximum Gasteiger partial charge on any atom is 0.233 e. The second-order valence-electron chi connectivity index (χ2n) is 3.16. The number of methoxy groups -OCH3 is 1. The van der Waals surface area contributed by atoms with Gasteiger partial charge >= 0.3 is 0 Å². The molecule has 0 spiro atoms. The Morgan fingerprint density at radius 2 is 2.25 bits per heavy atom. The van der Waals surface area contributed by atoms with E-state index in [4.69, 9.17) is 9.47 Å². The molecule has 0 fully saturated rings. The summed E-state index contributed by atoms with van der Waals surface area (Å²) in [6.45, 7) is 4.00. The topological polar surface area (TPSA) is 44.2 Å². The van der Waals surface area contributed by atoms with Gasteiger partial charge in [0.2, 0.25) is 5.88 Å². The van der Waals surface area contributed by atoms with E-state index < -0.39 is 0 Å². The van der Waals surface area contributed by atoms with Crippen LogP contribution in [0.2, 0.25) is 0 Å². The monoisotopic (exact) mass is 216 g/mol. The van der Waals surface area contributed by atoms with Crippen molar-refractivity contribution in [2.75, 3.05) is 13.7 Å². The number of rotatable bonds is 4. The number of hydrogen-bond acceptors (Lipinski definition) is 4. The minimum Gasteiger partial charge on any atom is -0.497 e. The van der Waals surface area contributed by atoms with Crippen LogP contribution in [0, 0.1) is 0 Å². The van der Waals surface area contributed by atoms with E-state index in [9.17, 15) is 0 Å². The highest BCUT2D eigenvalue weighted by molar-refractivity contribution is 5.76. The largest absolute Gasteiger partial charge is 0.497 e. The van der Waals surface area contributed by atoms with Crippen LogP contribution in [0.15, 0.2) is 37.1 Å². The molecule has 0 atom stereocenters. The van der Waals surface area contributed by atoms with Crippen LogP contribution in [0.5, 0.6) is 11.6 Å². The Hall–Kier alpha value is -2.10. The number of hydrogen-bond donors (Lipinski definition) is 0. The lowest BCUT2D eigenvalue weighted by molar-refractivity contribution is 0.348. The summed E-state index contributed by atoms with van der Waals surface area (Å²) in [5, 5.41) is 0. The molecule has 0 N–H and O–H groups in total. The predicted molar refractivity (Wildman–Crippen MR) is 61.8 cm³/mol. The van der Waals surface area contributed by atoms with Gasteiger partial charge in [-0.3, -0.25) is 0 Å². The minimum absolute atomic E-state index is 0.427. The van der Waals surface area contributed by atoms with Crippen LogP contribution in [0.1, 0.15) is 0 Å². The summed E-state index contributed by atoms with van der Waals surface area (Å²) in [4.78, 5) is 8.54. The standard InChI is InChI=1S/C12H12N2O2/c1-3-6-16-12-8-13-11-7-9(15-2)4-5-10(11)14-12/h3-5,7-8H,1,6H2,2H3. The van der Waals surface area contributed by atoms with E-state index in [1.165, 1.54) is 0 Å². The molecule has 0 bridgehead atoms. The Morgan fingerprint density at radius 1 is 1.38 bits per heavy atom. The van der Waals surface area contributed by atoms with Gasteiger partial charge in [0.25, 0.3) is 0 Å². The maximum absolute atomic E-state index is 5.30. The smallest absolute Gasteiger partial charge is 0.233 e. The molecule has 1 heterocycles. The van der Waals surface area contributed by atoms with Crippen LogP contribution in [0.4, 0.5) is 0 Å². The molecule has 16 heavy (non-hydrogen) atoms. The molecule has 0 aliphatic rings. The van der Waals surface area contributed by atoms with Crippen molar-refractivity contribution in [3.63, 3.8) is 0 Å². The molecule has 0 amide bonds. The van der Waals surface area contributed by atoms with Gasteiger partial charge < -0.3 is 9.47 Å². The van der Waals surface area contributed by atoms with E-state index in [1.807, 2.05) is 18.2 Å². The van der Waals surface area contributed by atoms with Crippen molar-refractivity contribution in [3.8, 4) is 11.6 Å². The van der Waals surface area contributed by atoms with Crippen molar-refractivity contribution in [2.45, 2.75) is 0 Å². The lowest BCUT2D eigenvalue weighted by Gasteiger charge is -2.04. The summed E-state index contributed by atoms with van der Waals surface area (Å²) in [7, 11) is 1.62. The van der Waals surface area contributed by atoms with Crippen LogP contribution in [0.3, 0.4) is 0 Å². The molecule has 2 rings (SSSR count). The van der Waals surface area contributed by atoms with Crippen molar-refractivity contribution in [1.82, 2.24) is 9.97 Å². The first-order chi connectivity index (χ1) is 7.83. The fraction of sp³-hybridized carbons (Fsp3) is 0.167. The Bertz CT molecular complexity index is 511. The fourth-order valence-corrected chi connectivity index (χ4v) is 1.31. The van der Waals surface area contributed by atoms with Crippen LogP contribution >= 0.6 is 0 Å². The first kappa shape index (κ1) is 10.4. The fourth-order valence-electron chi connectivity index (χ4n) is 1.31. The molecule has 1 aromatic heterocycles. The second kappa shape index (κ2) is 4.61. The zero-order valence-corrected chi connectivity index (χ0v) is 9.01. The molecular formula is C12H12N2O2. The molecule has 2 aromatic rings. The molecule has 0 saturated heterocycles. The summed E-state index contributed by atoms with van der Waals surface area (Å²) < 4.78 is 10.4. The predicted octanol–water partition coefficient (Wildman–Crippen LogP) is 2.20. The van der Waals surface area contributed by atoms with E-state index in [0.29, 0.717) is 12.5 Å². The molecule has 0 radical (unpaired) electrons. The van der Waals surface area contributed by atoms with Crippen LogP contribution in [-0.2, 0) is 0 Å². The molecule has 1 aromatic carbocycles. The molecule has 4 nitrogen and oxygen atoms in total. The third-order valence-electron chi connectivity index (χ3n) is 2.08. The van der Waals surface area contributed by atoms with Gasteiger partial charge in [0, 0.05) is 6.07 Å². The third-order valence-corrected chi connectivity index (χ3v) is 2.08. The van der Waals surface area contributed by atoms with Gasteiger partial charge in [-0.15, -0.1) is 0 Å². The van der Waals surface area contributed by atoms with E-state index in [-0.39, 0.29) is 0 Å². The average molecular weight is 216 g/mol. The van der Waals surface area contributed by atoms with Crippen molar-refractivity contribution in [2.24, 2.45) is 0 Å². The first-order valence-corrected chi connectivity index (χ1v) is 4.88. The quantitative estimate of drug-likeness (QED) is 0.735. The summed E-state index contributed by atoms with van der Waals surface area (Å²) in [5.41, 5.74) is 1.56. The Labute approximate surface area is 93.5 Å². The van der Waals surface area contributed by atoms with Crippen LogP contribution < -0.4 is 9.47 Å². The number of ether oxygens (including phenoxy) is 2. The van der Waals surface area contributed by atoms with Crippen LogP contribution in [0.25, 0.3) is 11.0 Å². The average Bonchev–Trinajstić information content (AvgIpc) is 2.35. The summed E-state index contributed by atoms with van der Waals surface area (Å²) in [6, 6.07) is 5.52.